The van der Waals surface area contributed by atoms with Gasteiger partial charge in [0.2, 0.25) is 0 Å². The van der Waals surface area contributed by atoms with Gasteiger partial charge in [0, 0.05) is 19.3 Å². The number of benzene rings is 1. The van der Waals surface area contributed by atoms with Crippen molar-refractivity contribution in [2.24, 2.45) is 5.10 Å². The van der Waals surface area contributed by atoms with Crippen LogP contribution in [0.15, 0.2) is 41.1 Å². The van der Waals surface area contributed by atoms with E-state index in [0.717, 1.165) is 30.1 Å². The monoisotopic (exact) mass is 285 g/mol. The lowest BCUT2D eigenvalue weighted by Crippen LogP contribution is -2.33. The Morgan fingerprint density at radius 1 is 1.14 bits per heavy atom. The molecule has 0 bridgehead atoms. The van der Waals surface area contributed by atoms with Crippen molar-refractivity contribution in [2.45, 2.75) is 13.8 Å². The lowest BCUT2D eigenvalue weighted by molar-refractivity contribution is -0.114. The zero-order valence-corrected chi connectivity index (χ0v) is 12.4. The van der Waals surface area contributed by atoms with Crippen LogP contribution in [0, 0.1) is 6.92 Å². The maximum Gasteiger partial charge on any atom is 0.282 e. The Morgan fingerprint density at radius 3 is 2.48 bits per heavy atom. The highest BCUT2D eigenvalue weighted by atomic mass is 16.5. The highest BCUT2D eigenvalue weighted by molar-refractivity contribution is 6.29. The van der Waals surface area contributed by atoms with E-state index in [1.165, 1.54) is 5.01 Å². The van der Waals surface area contributed by atoms with Gasteiger partial charge >= 0.3 is 0 Å². The Hall–Kier alpha value is -2.14. The third kappa shape index (κ3) is 2.83. The van der Waals surface area contributed by atoms with E-state index in [0.29, 0.717) is 18.8 Å². The van der Waals surface area contributed by atoms with Crippen LogP contribution >= 0.6 is 0 Å². The molecule has 1 fully saturated rings. The normalized spacial score (nSPS) is 21.1. The molecule has 0 aromatic heterocycles. The molecule has 0 saturated carbocycles. The fraction of sp³-hybridized carbons (Fsp3) is 0.375. The number of amides is 1. The van der Waals surface area contributed by atoms with E-state index in [2.05, 4.69) is 10.0 Å². The van der Waals surface area contributed by atoms with Gasteiger partial charge in [-0.3, -0.25) is 4.79 Å². The van der Waals surface area contributed by atoms with E-state index < -0.39 is 0 Å². The third-order valence-corrected chi connectivity index (χ3v) is 3.70. The van der Waals surface area contributed by atoms with E-state index in [9.17, 15) is 4.79 Å². The minimum Gasteiger partial charge on any atom is -0.378 e. The van der Waals surface area contributed by atoms with Crippen molar-refractivity contribution in [3.63, 3.8) is 0 Å². The van der Waals surface area contributed by atoms with Crippen LogP contribution in [0.1, 0.15) is 12.5 Å². The molecule has 5 heteroatoms. The van der Waals surface area contributed by atoms with Gasteiger partial charge in [-0.1, -0.05) is 17.7 Å². The Balaban J connectivity index is 1.83. The standard InChI is InChI=1S/C16H19N3O2/c1-12-3-5-14(6-4-12)19-16(20)15(13(2)17-19)11-18-7-9-21-10-8-18/h3-6,11H,7-10H2,1-2H3. The first-order valence-corrected chi connectivity index (χ1v) is 7.15. The van der Waals surface area contributed by atoms with Gasteiger partial charge in [0.15, 0.2) is 0 Å². The molecule has 21 heavy (non-hydrogen) atoms. The molecule has 1 amide bonds. The predicted octanol–water partition coefficient (Wildman–Crippen LogP) is 1.93. The molecule has 0 radical (unpaired) electrons. The van der Waals surface area contributed by atoms with Crippen molar-refractivity contribution in [1.29, 1.82) is 0 Å². The van der Waals surface area contributed by atoms with Crippen LogP contribution < -0.4 is 5.01 Å². The van der Waals surface area contributed by atoms with Crippen molar-refractivity contribution in [3.8, 4) is 0 Å². The predicted molar refractivity (Wildman–Crippen MR) is 82.2 cm³/mol. The summed E-state index contributed by atoms with van der Waals surface area (Å²) in [6, 6.07) is 7.80. The summed E-state index contributed by atoms with van der Waals surface area (Å²) in [5.41, 5.74) is 3.38. The van der Waals surface area contributed by atoms with Crippen LogP contribution in [0.2, 0.25) is 0 Å². The van der Waals surface area contributed by atoms with E-state index in [4.69, 9.17) is 4.74 Å². The topological polar surface area (TPSA) is 45.1 Å². The maximum atomic E-state index is 12.6. The third-order valence-electron chi connectivity index (χ3n) is 3.70. The van der Waals surface area contributed by atoms with Crippen LogP contribution in [0.4, 0.5) is 5.69 Å². The average Bonchev–Trinajstić information content (AvgIpc) is 2.77. The second-order valence-corrected chi connectivity index (χ2v) is 5.33. The molecule has 1 saturated heterocycles. The van der Waals surface area contributed by atoms with Crippen LogP contribution in [0.25, 0.3) is 0 Å². The number of anilines is 1. The fourth-order valence-corrected chi connectivity index (χ4v) is 2.42. The Kier molecular flexibility index (Phi) is 3.75. The fourth-order valence-electron chi connectivity index (χ4n) is 2.42. The number of rotatable bonds is 2. The van der Waals surface area contributed by atoms with Crippen LogP contribution in [0.3, 0.4) is 0 Å². The van der Waals surface area contributed by atoms with E-state index in [1.807, 2.05) is 44.3 Å². The first kappa shape index (κ1) is 13.8. The molecule has 3 rings (SSSR count). The van der Waals surface area contributed by atoms with Gasteiger partial charge in [0.05, 0.1) is 30.2 Å². The number of carbonyl (C=O) groups is 1. The zero-order chi connectivity index (χ0) is 14.8. The van der Waals surface area contributed by atoms with E-state index >= 15 is 0 Å². The number of ether oxygens (including phenoxy) is 1. The Bertz CT molecular complexity index is 598. The van der Waals surface area contributed by atoms with E-state index in [1.54, 1.807) is 0 Å². The molecule has 2 aliphatic rings. The summed E-state index contributed by atoms with van der Waals surface area (Å²) < 4.78 is 5.32. The summed E-state index contributed by atoms with van der Waals surface area (Å²) in [7, 11) is 0. The molecule has 0 atom stereocenters. The van der Waals surface area contributed by atoms with Gasteiger partial charge in [-0.25, -0.2) is 0 Å². The molecule has 1 aromatic rings. The molecule has 0 unspecified atom stereocenters. The second-order valence-electron chi connectivity index (χ2n) is 5.33. The highest BCUT2D eigenvalue weighted by Gasteiger charge is 2.29. The lowest BCUT2D eigenvalue weighted by Gasteiger charge is -2.25. The van der Waals surface area contributed by atoms with Crippen LogP contribution in [-0.4, -0.2) is 42.8 Å². The van der Waals surface area contributed by atoms with Crippen molar-refractivity contribution < 1.29 is 9.53 Å². The van der Waals surface area contributed by atoms with Gasteiger partial charge in [-0.05, 0) is 26.0 Å². The molecule has 0 aliphatic carbocycles. The maximum absolute atomic E-state index is 12.6. The highest BCUT2D eigenvalue weighted by Crippen LogP contribution is 2.24. The molecule has 1 aromatic carbocycles. The van der Waals surface area contributed by atoms with Crippen molar-refractivity contribution in [2.75, 3.05) is 31.3 Å². The molecule has 0 spiro atoms. The quantitative estimate of drug-likeness (QED) is 0.780. The smallest absolute Gasteiger partial charge is 0.282 e. The Morgan fingerprint density at radius 2 is 1.81 bits per heavy atom. The molecule has 0 N–H and O–H groups in total. The van der Waals surface area contributed by atoms with Crippen LogP contribution in [-0.2, 0) is 9.53 Å². The van der Waals surface area contributed by atoms with Gasteiger partial charge < -0.3 is 9.64 Å². The number of carbonyl (C=O) groups excluding carboxylic acids is 1. The molecule has 110 valence electrons. The summed E-state index contributed by atoms with van der Waals surface area (Å²) in [5.74, 6) is -0.0668. The lowest BCUT2D eigenvalue weighted by atomic mass is 10.1. The van der Waals surface area contributed by atoms with Gasteiger partial charge in [0.1, 0.15) is 0 Å². The summed E-state index contributed by atoms with van der Waals surface area (Å²) in [6.45, 7) is 6.93. The van der Waals surface area contributed by atoms with Crippen LogP contribution in [0.5, 0.6) is 0 Å². The largest absolute Gasteiger partial charge is 0.378 e. The van der Waals surface area contributed by atoms with Crippen molar-refractivity contribution in [3.05, 3.63) is 41.6 Å². The first-order valence-electron chi connectivity index (χ1n) is 7.15. The summed E-state index contributed by atoms with van der Waals surface area (Å²) >= 11 is 0. The average molecular weight is 285 g/mol. The number of hydrogen-bond acceptors (Lipinski definition) is 4. The molecular weight excluding hydrogens is 266 g/mol. The number of nitrogens with zero attached hydrogens (tertiary/aromatic N) is 3. The summed E-state index contributed by atoms with van der Waals surface area (Å²) in [6.07, 6.45) is 1.91. The van der Waals surface area contributed by atoms with Crippen molar-refractivity contribution >= 4 is 17.3 Å². The first-order chi connectivity index (χ1) is 10.1. The zero-order valence-electron chi connectivity index (χ0n) is 12.4. The minimum absolute atomic E-state index is 0.0668. The molecule has 2 heterocycles. The Labute approximate surface area is 124 Å². The molecule has 5 nitrogen and oxygen atoms in total. The molecular formula is C16H19N3O2. The SMILES string of the molecule is CC1=NN(c2ccc(C)cc2)C(=O)C1=CN1CCOCC1. The van der Waals surface area contributed by atoms with Crippen molar-refractivity contribution in [1.82, 2.24) is 4.90 Å². The van der Waals surface area contributed by atoms with E-state index in [-0.39, 0.29) is 5.91 Å². The van der Waals surface area contributed by atoms with Gasteiger partial charge in [0.25, 0.3) is 5.91 Å². The van der Waals surface area contributed by atoms with Gasteiger partial charge in [-0.15, -0.1) is 0 Å². The van der Waals surface area contributed by atoms with Gasteiger partial charge in [-0.2, -0.15) is 10.1 Å². The summed E-state index contributed by atoms with van der Waals surface area (Å²) in [5, 5.41) is 5.86. The molecule has 2 aliphatic heterocycles. The number of hydrazone groups is 1. The minimum atomic E-state index is -0.0668. The second kappa shape index (κ2) is 5.69. The number of hydrogen-bond donors (Lipinski definition) is 0. The number of aryl methyl sites for hydroxylation is 1. The number of morpholine rings is 1. The summed E-state index contributed by atoms with van der Waals surface area (Å²) in [4.78, 5) is 14.7.